The van der Waals surface area contributed by atoms with Gasteiger partial charge in [-0.3, -0.25) is 0 Å². The Balaban J connectivity index is 1.67. The molecular weight excluding hydrogens is 308 g/mol. The topological polar surface area (TPSA) is 59.0 Å². The minimum atomic E-state index is -0.221. The van der Waals surface area contributed by atoms with E-state index in [2.05, 4.69) is 15.7 Å². The van der Waals surface area contributed by atoms with Crippen LogP contribution in [0.4, 0.5) is 10.5 Å². The molecule has 0 aliphatic heterocycles. The minimum absolute atomic E-state index is 0.221. The molecule has 0 atom stereocenters. The van der Waals surface area contributed by atoms with Gasteiger partial charge in [-0.15, -0.1) is 0 Å². The van der Waals surface area contributed by atoms with Gasteiger partial charge in [0.1, 0.15) is 0 Å². The Morgan fingerprint density at radius 2 is 2.13 bits per heavy atom. The maximum absolute atomic E-state index is 12.0. The summed E-state index contributed by atoms with van der Waals surface area (Å²) in [7, 11) is 0. The number of urea groups is 1. The first-order valence-electron chi connectivity index (χ1n) is 7.31. The Kier molecular flexibility index (Phi) is 4.43. The van der Waals surface area contributed by atoms with Gasteiger partial charge in [-0.05, 0) is 60.5 Å². The molecule has 6 heteroatoms. The van der Waals surface area contributed by atoms with Crippen molar-refractivity contribution >= 4 is 23.1 Å². The molecule has 3 rings (SSSR count). The summed E-state index contributed by atoms with van der Waals surface area (Å²) in [5.74, 6) is 0. The summed E-state index contributed by atoms with van der Waals surface area (Å²) < 4.78 is 1.86. The molecule has 0 saturated carbocycles. The summed E-state index contributed by atoms with van der Waals surface area (Å²) in [4.78, 5) is 12.0. The third kappa shape index (κ3) is 3.78. The largest absolute Gasteiger partial charge is 0.334 e. The summed E-state index contributed by atoms with van der Waals surface area (Å²) in [6.45, 7) is 4.49. The molecule has 2 heterocycles. The molecule has 0 unspecified atom stereocenters. The maximum atomic E-state index is 12.0. The van der Waals surface area contributed by atoms with Gasteiger partial charge in [0.2, 0.25) is 0 Å². The Labute approximate surface area is 139 Å². The number of anilines is 1. The van der Waals surface area contributed by atoms with Gasteiger partial charge in [0.05, 0.1) is 11.4 Å². The molecule has 0 saturated heterocycles. The van der Waals surface area contributed by atoms with Crippen molar-refractivity contribution in [3.05, 3.63) is 64.1 Å². The van der Waals surface area contributed by atoms with E-state index < -0.39 is 0 Å². The van der Waals surface area contributed by atoms with Gasteiger partial charge < -0.3 is 10.6 Å². The number of thiophene rings is 1. The smallest absolute Gasteiger partial charge is 0.319 e. The molecule has 1 aromatic carbocycles. The summed E-state index contributed by atoms with van der Waals surface area (Å²) in [5.41, 5.74) is 4.78. The standard InChI is InChI=1S/C17H18N4OS/c1-12-8-13(2)21(20-12)16-5-3-4-15(9-16)19-17(22)18-10-14-6-7-23-11-14/h3-9,11H,10H2,1-2H3,(H2,18,19,22). The lowest BCUT2D eigenvalue weighted by atomic mass is 10.2. The quantitative estimate of drug-likeness (QED) is 0.764. The molecule has 0 spiro atoms. The third-order valence-corrected chi connectivity index (χ3v) is 4.12. The lowest BCUT2D eigenvalue weighted by Gasteiger charge is -2.09. The third-order valence-electron chi connectivity index (χ3n) is 3.39. The van der Waals surface area contributed by atoms with E-state index in [1.807, 2.05) is 65.7 Å². The van der Waals surface area contributed by atoms with Crippen LogP contribution in [0.2, 0.25) is 0 Å². The fraction of sp³-hybridized carbons (Fsp3) is 0.176. The molecule has 2 N–H and O–H groups in total. The van der Waals surface area contributed by atoms with E-state index in [-0.39, 0.29) is 6.03 Å². The van der Waals surface area contributed by atoms with Crippen molar-refractivity contribution in [3.8, 4) is 5.69 Å². The SMILES string of the molecule is Cc1cc(C)n(-c2cccc(NC(=O)NCc3ccsc3)c2)n1. The number of nitrogens with one attached hydrogen (secondary N) is 2. The van der Waals surface area contributed by atoms with Crippen molar-refractivity contribution in [1.82, 2.24) is 15.1 Å². The fourth-order valence-electron chi connectivity index (χ4n) is 2.36. The summed E-state index contributed by atoms with van der Waals surface area (Å²) in [6.07, 6.45) is 0. The van der Waals surface area contributed by atoms with Crippen molar-refractivity contribution in [3.63, 3.8) is 0 Å². The highest BCUT2D eigenvalue weighted by Gasteiger charge is 2.06. The van der Waals surface area contributed by atoms with Crippen molar-refractivity contribution in [1.29, 1.82) is 0 Å². The van der Waals surface area contributed by atoms with E-state index in [9.17, 15) is 4.79 Å². The Morgan fingerprint density at radius 1 is 1.26 bits per heavy atom. The Morgan fingerprint density at radius 3 is 2.83 bits per heavy atom. The maximum Gasteiger partial charge on any atom is 0.319 e. The number of carbonyl (C=O) groups is 1. The molecule has 0 aliphatic rings. The van der Waals surface area contributed by atoms with Gasteiger partial charge in [0.15, 0.2) is 0 Å². The van der Waals surface area contributed by atoms with E-state index >= 15 is 0 Å². The van der Waals surface area contributed by atoms with E-state index in [1.165, 1.54) is 0 Å². The molecule has 23 heavy (non-hydrogen) atoms. The van der Waals surface area contributed by atoms with Gasteiger partial charge in [-0.2, -0.15) is 16.4 Å². The van der Waals surface area contributed by atoms with Crippen LogP contribution < -0.4 is 10.6 Å². The van der Waals surface area contributed by atoms with Gasteiger partial charge in [0, 0.05) is 17.9 Å². The number of hydrogen-bond donors (Lipinski definition) is 2. The average molecular weight is 326 g/mol. The second-order valence-electron chi connectivity index (χ2n) is 5.33. The van der Waals surface area contributed by atoms with E-state index in [0.717, 1.165) is 28.3 Å². The van der Waals surface area contributed by atoms with Gasteiger partial charge in [-0.25, -0.2) is 9.48 Å². The molecule has 0 fully saturated rings. The molecule has 118 valence electrons. The predicted molar refractivity (Wildman–Crippen MR) is 93.2 cm³/mol. The average Bonchev–Trinajstić information content (AvgIpc) is 3.15. The van der Waals surface area contributed by atoms with Gasteiger partial charge in [-0.1, -0.05) is 6.07 Å². The van der Waals surface area contributed by atoms with Crippen LogP contribution >= 0.6 is 11.3 Å². The highest BCUT2D eigenvalue weighted by atomic mass is 32.1. The fourth-order valence-corrected chi connectivity index (χ4v) is 3.03. The summed E-state index contributed by atoms with van der Waals surface area (Å²) >= 11 is 1.62. The van der Waals surface area contributed by atoms with Gasteiger partial charge >= 0.3 is 6.03 Å². The molecular formula is C17H18N4OS. The lowest BCUT2D eigenvalue weighted by Crippen LogP contribution is -2.28. The normalized spacial score (nSPS) is 10.5. The highest BCUT2D eigenvalue weighted by Crippen LogP contribution is 2.16. The Bertz CT molecular complexity index is 808. The van der Waals surface area contributed by atoms with E-state index in [0.29, 0.717) is 6.54 Å². The minimum Gasteiger partial charge on any atom is -0.334 e. The number of benzene rings is 1. The monoisotopic (exact) mass is 326 g/mol. The first kappa shape index (κ1) is 15.3. The van der Waals surface area contributed by atoms with Crippen LogP contribution in [0.25, 0.3) is 5.69 Å². The number of carbonyl (C=O) groups excluding carboxylic acids is 1. The number of amides is 2. The van der Waals surface area contributed by atoms with Crippen LogP contribution in [-0.2, 0) is 6.54 Å². The first-order valence-corrected chi connectivity index (χ1v) is 8.26. The van der Waals surface area contributed by atoms with Gasteiger partial charge in [0.25, 0.3) is 0 Å². The van der Waals surface area contributed by atoms with Crippen LogP contribution in [-0.4, -0.2) is 15.8 Å². The van der Waals surface area contributed by atoms with Crippen molar-refractivity contribution in [2.24, 2.45) is 0 Å². The number of rotatable bonds is 4. The van der Waals surface area contributed by atoms with E-state index in [4.69, 9.17) is 0 Å². The van der Waals surface area contributed by atoms with Crippen LogP contribution in [0.5, 0.6) is 0 Å². The van der Waals surface area contributed by atoms with Crippen molar-refractivity contribution < 1.29 is 4.79 Å². The summed E-state index contributed by atoms with van der Waals surface area (Å²) in [6, 6.07) is 11.4. The molecule has 3 aromatic rings. The lowest BCUT2D eigenvalue weighted by molar-refractivity contribution is 0.252. The van der Waals surface area contributed by atoms with Crippen LogP contribution in [0, 0.1) is 13.8 Å². The molecule has 0 bridgehead atoms. The Hall–Kier alpha value is -2.60. The highest BCUT2D eigenvalue weighted by molar-refractivity contribution is 7.07. The molecule has 5 nitrogen and oxygen atoms in total. The first-order chi connectivity index (χ1) is 11.1. The number of nitrogens with zero attached hydrogens (tertiary/aromatic N) is 2. The molecule has 2 amide bonds. The van der Waals surface area contributed by atoms with E-state index in [1.54, 1.807) is 11.3 Å². The second-order valence-corrected chi connectivity index (χ2v) is 6.11. The zero-order valence-corrected chi connectivity index (χ0v) is 13.9. The molecule has 2 aromatic heterocycles. The predicted octanol–water partition coefficient (Wildman–Crippen LogP) is 3.87. The van der Waals surface area contributed by atoms with Crippen molar-refractivity contribution in [2.45, 2.75) is 20.4 Å². The van der Waals surface area contributed by atoms with Crippen LogP contribution in [0.3, 0.4) is 0 Å². The number of hydrogen-bond acceptors (Lipinski definition) is 3. The zero-order valence-electron chi connectivity index (χ0n) is 13.0. The molecule has 0 radical (unpaired) electrons. The van der Waals surface area contributed by atoms with Crippen LogP contribution in [0.1, 0.15) is 17.0 Å². The zero-order chi connectivity index (χ0) is 16.2. The van der Waals surface area contributed by atoms with Crippen molar-refractivity contribution in [2.75, 3.05) is 5.32 Å². The second kappa shape index (κ2) is 6.66. The summed E-state index contributed by atoms with van der Waals surface area (Å²) in [5, 5.41) is 14.2. The number of aryl methyl sites for hydroxylation is 2. The van der Waals surface area contributed by atoms with Crippen LogP contribution in [0.15, 0.2) is 47.2 Å². The number of aromatic nitrogens is 2. The molecule has 0 aliphatic carbocycles.